The zero-order chi connectivity index (χ0) is 20.2. The molecule has 5 nitrogen and oxygen atoms in total. The van der Waals surface area contributed by atoms with Crippen molar-refractivity contribution in [1.82, 2.24) is 14.5 Å². The summed E-state index contributed by atoms with van der Waals surface area (Å²) in [5.41, 5.74) is 3.24. The third-order valence-electron chi connectivity index (χ3n) is 5.70. The van der Waals surface area contributed by atoms with Gasteiger partial charge >= 0.3 is 0 Å². The van der Waals surface area contributed by atoms with Gasteiger partial charge < -0.3 is 14.2 Å². The Balaban J connectivity index is 1.47. The second-order valence-corrected chi connectivity index (χ2v) is 7.82. The van der Waals surface area contributed by atoms with E-state index in [1.54, 1.807) is 18.3 Å². The minimum absolute atomic E-state index is 0.0340. The van der Waals surface area contributed by atoms with Crippen LogP contribution in [0.5, 0.6) is 0 Å². The standard InChI is InChI=1S/C23H26ClN3O2/c1-2-29-14-13-27-16-20(19-5-3-4-6-21(19)27)17-9-11-26(12-10-17)23(28)18-7-8-22(24)25-15-18/h3-8,15-17H,2,9-14H2,1H3. The number of halogens is 1. The van der Waals surface area contributed by atoms with Crippen molar-refractivity contribution in [1.29, 1.82) is 0 Å². The van der Waals surface area contributed by atoms with E-state index >= 15 is 0 Å². The summed E-state index contributed by atoms with van der Waals surface area (Å²) in [7, 11) is 0. The summed E-state index contributed by atoms with van der Waals surface area (Å²) in [4.78, 5) is 18.7. The number of carbonyl (C=O) groups is 1. The molecule has 4 rings (SSSR count). The van der Waals surface area contributed by atoms with Crippen LogP contribution in [0.25, 0.3) is 10.9 Å². The maximum Gasteiger partial charge on any atom is 0.255 e. The lowest BCUT2D eigenvalue weighted by Gasteiger charge is -2.32. The fraction of sp³-hybridized carbons (Fsp3) is 0.391. The number of benzene rings is 1. The van der Waals surface area contributed by atoms with Crippen molar-refractivity contribution in [2.45, 2.75) is 32.2 Å². The summed E-state index contributed by atoms with van der Waals surface area (Å²) in [6.45, 7) is 5.84. The number of nitrogens with zero attached hydrogens (tertiary/aromatic N) is 3. The number of amides is 1. The van der Waals surface area contributed by atoms with Gasteiger partial charge in [0.15, 0.2) is 0 Å². The molecule has 1 aromatic carbocycles. The summed E-state index contributed by atoms with van der Waals surface area (Å²) in [5.74, 6) is 0.493. The Labute approximate surface area is 176 Å². The lowest BCUT2D eigenvalue weighted by molar-refractivity contribution is 0.0713. The van der Waals surface area contributed by atoms with E-state index in [4.69, 9.17) is 16.3 Å². The van der Waals surface area contributed by atoms with Crippen LogP contribution in [0.3, 0.4) is 0 Å². The van der Waals surface area contributed by atoms with Gasteiger partial charge in [-0.3, -0.25) is 4.79 Å². The number of ether oxygens (including phenoxy) is 1. The molecule has 1 saturated heterocycles. The van der Waals surface area contributed by atoms with E-state index < -0.39 is 0 Å². The Morgan fingerprint density at radius 3 is 2.72 bits per heavy atom. The van der Waals surface area contributed by atoms with Gasteiger partial charge in [0.1, 0.15) is 5.15 Å². The highest BCUT2D eigenvalue weighted by Gasteiger charge is 2.26. The van der Waals surface area contributed by atoms with Crippen LogP contribution in [-0.4, -0.2) is 46.7 Å². The van der Waals surface area contributed by atoms with Crippen molar-refractivity contribution in [2.75, 3.05) is 26.3 Å². The zero-order valence-corrected chi connectivity index (χ0v) is 17.4. The molecule has 0 saturated carbocycles. The Morgan fingerprint density at radius 2 is 2.00 bits per heavy atom. The zero-order valence-electron chi connectivity index (χ0n) is 16.7. The molecule has 0 spiro atoms. The van der Waals surface area contributed by atoms with Gasteiger partial charge in [-0.15, -0.1) is 0 Å². The molecule has 1 fully saturated rings. The van der Waals surface area contributed by atoms with Crippen molar-refractivity contribution < 1.29 is 9.53 Å². The van der Waals surface area contributed by atoms with Crippen LogP contribution < -0.4 is 0 Å². The minimum atomic E-state index is 0.0340. The number of rotatable bonds is 6. The maximum absolute atomic E-state index is 12.7. The highest BCUT2D eigenvalue weighted by atomic mass is 35.5. The molecule has 0 radical (unpaired) electrons. The molecule has 3 heterocycles. The van der Waals surface area contributed by atoms with Gasteiger partial charge in [0, 0.05) is 49.5 Å². The molecule has 6 heteroatoms. The molecule has 1 aliphatic rings. The number of hydrogen-bond donors (Lipinski definition) is 0. The number of likely N-dealkylation sites (tertiary alicyclic amines) is 1. The van der Waals surface area contributed by atoms with E-state index in [-0.39, 0.29) is 5.91 Å². The number of piperidine rings is 1. The number of fused-ring (bicyclic) bond motifs is 1. The van der Waals surface area contributed by atoms with Crippen molar-refractivity contribution >= 4 is 28.4 Å². The fourth-order valence-corrected chi connectivity index (χ4v) is 4.28. The Morgan fingerprint density at radius 1 is 1.21 bits per heavy atom. The van der Waals surface area contributed by atoms with Crippen molar-refractivity contribution in [3.63, 3.8) is 0 Å². The second-order valence-electron chi connectivity index (χ2n) is 7.43. The molecule has 1 aliphatic heterocycles. The maximum atomic E-state index is 12.7. The van der Waals surface area contributed by atoms with Crippen molar-refractivity contribution in [2.24, 2.45) is 0 Å². The van der Waals surface area contributed by atoms with E-state index in [9.17, 15) is 4.79 Å². The van der Waals surface area contributed by atoms with Crippen LogP contribution in [0.15, 0.2) is 48.8 Å². The van der Waals surface area contributed by atoms with Gasteiger partial charge in [-0.05, 0) is 49.4 Å². The van der Waals surface area contributed by atoms with E-state index in [1.807, 2.05) is 11.8 Å². The molecule has 152 valence electrons. The predicted molar refractivity (Wildman–Crippen MR) is 116 cm³/mol. The summed E-state index contributed by atoms with van der Waals surface area (Å²) in [6.07, 6.45) is 5.77. The second kappa shape index (κ2) is 8.97. The lowest BCUT2D eigenvalue weighted by atomic mass is 9.89. The first-order chi connectivity index (χ1) is 14.2. The van der Waals surface area contributed by atoms with Gasteiger partial charge in [0.2, 0.25) is 0 Å². The van der Waals surface area contributed by atoms with Crippen LogP contribution in [0.1, 0.15) is 41.6 Å². The summed E-state index contributed by atoms with van der Waals surface area (Å²) < 4.78 is 7.86. The molecule has 3 aromatic rings. The first-order valence-electron chi connectivity index (χ1n) is 10.2. The molecule has 1 amide bonds. The first kappa shape index (κ1) is 19.9. The highest BCUT2D eigenvalue weighted by molar-refractivity contribution is 6.29. The lowest BCUT2D eigenvalue weighted by Crippen LogP contribution is -2.37. The summed E-state index contributed by atoms with van der Waals surface area (Å²) >= 11 is 5.83. The largest absolute Gasteiger partial charge is 0.380 e. The van der Waals surface area contributed by atoms with E-state index in [0.29, 0.717) is 16.6 Å². The summed E-state index contributed by atoms with van der Waals surface area (Å²) in [6, 6.07) is 12.0. The Kier molecular flexibility index (Phi) is 6.16. The van der Waals surface area contributed by atoms with Crippen LogP contribution in [0.4, 0.5) is 0 Å². The number of pyridine rings is 1. The van der Waals surface area contributed by atoms with Crippen molar-refractivity contribution in [3.8, 4) is 0 Å². The van der Waals surface area contributed by atoms with Crippen LogP contribution in [0.2, 0.25) is 5.15 Å². The molecular formula is C23H26ClN3O2. The molecule has 2 aromatic heterocycles. The Hall–Kier alpha value is -2.37. The van der Waals surface area contributed by atoms with E-state index in [0.717, 1.165) is 45.7 Å². The average Bonchev–Trinajstić information content (AvgIpc) is 3.13. The number of para-hydroxylation sites is 1. The van der Waals surface area contributed by atoms with E-state index in [2.05, 4.69) is 40.0 Å². The topological polar surface area (TPSA) is 47.4 Å². The summed E-state index contributed by atoms with van der Waals surface area (Å²) in [5, 5.41) is 1.72. The van der Waals surface area contributed by atoms with Gasteiger partial charge in [0.05, 0.1) is 12.2 Å². The monoisotopic (exact) mass is 411 g/mol. The molecule has 0 aliphatic carbocycles. The molecule has 29 heavy (non-hydrogen) atoms. The smallest absolute Gasteiger partial charge is 0.255 e. The molecule has 0 N–H and O–H groups in total. The van der Waals surface area contributed by atoms with Gasteiger partial charge in [-0.1, -0.05) is 29.8 Å². The SMILES string of the molecule is CCOCCn1cc(C2CCN(C(=O)c3ccc(Cl)nc3)CC2)c2ccccc21. The molecule has 0 unspecified atom stereocenters. The average molecular weight is 412 g/mol. The fourth-order valence-electron chi connectivity index (χ4n) is 4.17. The molecular weight excluding hydrogens is 386 g/mol. The van der Waals surface area contributed by atoms with Gasteiger partial charge in [-0.2, -0.15) is 0 Å². The predicted octanol–water partition coefficient (Wildman–Crippen LogP) is 4.75. The van der Waals surface area contributed by atoms with Crippen molar-refractivity contribution in [3.05, 3.63) is 65.1 Å². The minimum Gasteiger partial charge on any atom is -0.380 e. The third kappa shape index (κ3) is 4.31. The number of carbonyl (C=O) groups excluding carboxylic acids is 1. The first-order valence-corrected chi connectivity index (χ1v) is 10.6. The highest BCUT2D eigenvalue weighted by Crippen LogP contribution is 2.34. The van der Waals surface area contributed by atoms with Gasteiger partial charge in [-0.25, -0.2) is 4.98 Å². The third-order valence-corrected chi connectivity index (χ3v) is 5.92. The normalized spacial score (nSPS) is 15.2. The molecule has 0 bridgehead atoms. The van der Waals surface area contributed by atoms with Crippen LogP contribution >= 0.6 is 11.6 Å². The quantitative estimate of drug-likeness (QED) is 0.434. The molecule has 0 atom stereocenters. The van der Waals surface area contributed by atoms with Gasteiger partial charge in [0.25, 0.3) is 5.91 Å². The number of aromatic nitrogens is 2. The van der Waals surface area contributed by atoms with E-state index in [1.165, 1.54) is 16.5 Å². The number of hydrogen-bond acceptors (Lipinski definition) is 3. The van der Waals surface area contributed by atoms with Crippen LogP contribution in [0, 0.1) is 0 Å². The Bertz CT molecular complexity index is 975. The van der Waals surface area contributed by atoms with Crippen LogP contribution in [-0.2, 0) is 11.3 Å².